The van der Waals surface area contributed by atoms with E-state index in [-0.39, 0.29) is 11.9 Å². The molecule has 2 rings (SSSR count). The predicted molar refractivity (Wildman–Crippen MR) is 51.0 cm³/mol. The van der Waals surface area contributed by atoms with E-state index in [1.165, 1.54) is 0 Å². The summed E-state index contributed by atoms with van der Waals surface area (Å²) in [5.41, 5.74) is -0.535. The van der Waals surface area contributed by atoms with Crippen molar-refractivity contribution in [2.75, 3.05) is 4.43 Å². The SMILES string of the molecule is O=C1NC(=O)[C@]2(C[C@@H](CI)C2)N1. The highest BCUT2D eigenvalue weighted by molar-refractivity contribution is 14.1. The minimum atomic E-state index is -0.535. The summed E-state index contributed by atoms with van der Waals surface area (Å²) in [6.07, 6.45) is 1.60. The molecule has 5 heteroatoms. The molecule has 1 saturated heterocycles. The molecule has 0 bridgehead atoms. The first-order valence-electron chi connectivity index (χ1n) is 3.86. The van der Waals surface area contributed by atoms with Gasteiger partial charge in [-0.25, -0.2) is 4.79 Å². The molecule has 0 atom stereocenters. The van der Waals surface area contributed by atoms with Crippen LogP contribution >= 0.6 is 22.6 Å². The maximum atomic E-state index is 11.3. The van der Waals surface area contributed by atoms with Crippen LogP contribution in [0.3, 0.4) is 0 Å². The average molecular weight is 280 g/mol. The fourth-order valence-corrected chi connectivity index (χ4v) is 2.47. The van der Waals surface area contributed by atoms with Gasteiger partial charge in [0.25, 0.3) is 5.91 Å². The first-order valence-corrected chi connectivity index (χ1v) is 5.38. The first-order chi connectivity index (χ1) is 5.66. The van der Waals surface area contributed by atoms with Crippen molar-refractivity contribution in [3.8, 4) is 0 Å². The highest BCUT2D eigenvalue weighted by Crippen LogP contribution is 2.40. The standard InChI is InChI=1S/C7H9IN2O2/c8-3-4-1-7(2-4)5(11)9-6(12)10-7/h4H,1-3H2,(H2,9,10,11,12)/t4-,7-. The second-order valence-corrected chi connectivity index (χ2v) is 4.30. The summed E-state index contributed by atoms with van der Waals surface area (Å²) >= 11 is 2.30. The molecule has 2 aliphatic rings. The maximum absolute atomic E-state index is 11.3. The Labute approximate surface area is 83.6 Å². The predicted octanol–water partition coefficient (Wildman–Crippen LogP) is 0.410. The Hall–Kier alpha value is -0.330. The van der Waals surface area contributed by atoms with Crippen LogP contribution in [0, 0.1) is 5.92 Å². The molecule has 2 N–H and O–H groups in total. The van der Waals surface area contributed by atoms with E-state index >= 15 is 0 Å². The second-order valence-electron chi connectivity index (χ2n) is 3.42. The minimum Gasteiger partial charge on any atom is -0.323 e. The number of urea groups is 1. The van der Waals surface area contributed by atoms with Crippen molar-refractivity contribution in [1.82, 2.24) is 10.6 Å². The summed E-state index contributed by atoms with van der Waals surface area (Å²) in [7, 11) is 0. The minimum absolute atomic E-state index is 0.145. The van der Waals surface area contributed by atoms with Crippen LogP contribution in [0.4, 0.5) is 4.79 Å². The quantitative estimate of drug-likeness (QED) is 0.415. The highest BCUT2D eigenvalue weighted by atomic mass is 127. The molecular weight excluding hydrogens is 271 g/mol. The lowest BCUT2D eigenvalue weighted by Gasteiger charge is -2.41. The Kier molecular flexibility index (Phi) is 1.78. The molecule has 0 aromatic rings. The van der Waals surface area contributed by atoms with Gasteiger partial charge in [0.2, 0.25) is 0 Å². The first kappa shape index (κ1) is 8.28. The van der Waals surface area contributed by atoms with Gasteiger partial charge in [-0.05, 0) is 18.8 Å². The third-order valence-electron chi connectivity index (χ3n) is 2.51. The monoisotopic (exact) mass is 280 g/mol. The van der Waals surface area contributed by atoms with E-state index in [1.807, 2.05) is 0 Å². The number of alkyl halides is 1. The molecule has 0 aromatic heterocycles. The topological polar surface area (TPSA) is 58.2 Å². The number of nitrogens with one attached hydrogen (secondary N) is 2. The Balaban J connectivity index is 2.06. The zero-order chi connectivity index (χ0) is 8.77. The fourth-order valence-electron chi connectivity index (χ4n) is 1.85. The van der Waals surface area contributed by atoms with Crippen molar-refractivity contribution in [2.45, 2.75) is 18.4 Å². The summed E-state index contributed by atoms with van der Waals surface area (Å²) in [6, 6.07) is -0.341. The lowest BCUT2D eigenvalue weighted by Crippen LogP contribution is -2.57. The van der Waals surface area contributed by atoms with Crippen LogP contribution in [0.25, 0.3) is 0 Å². The van der Waals surface area contributed by atoms with E-state index < -0.39 is 5.54 Å². The molecule has 1 aliphatic carbocycles. The Morgan fingerprint density at radius 2 is 2.17 bits per heavy atom. The van der Waals surface area contributed by atoms with Crippen molar-refractivity contribution < 1.29 is 9.59 Å². The summed E-state index contributed by atoms with van der Waals surface area (Å²) in [6.45, 7) is 0. The van der Waals surface area contributed by atoms with Crippen molar-refractivity contribution >= 4 is 34.5 Å². The maximum Gasteiger partial charge on any atom is 0.322 e. The summed E-state index contributed by atoms with van der Waals surface area (Å²) in [5.74, 6) is 0.448. The van der Waals surface area contributed by atoms with Gasteiger partial charge in [0.15, 0.2) is 0 Å². The molecule has 4 nitrogen and oxygen atoms in total. The average Bonchev–Trinajstić information content (AvgIpc) is 2.22. The summed E-state index contributed by atoms with van der Waals surface area (Å²) in [4.78, 5) is 22.1. The largest absolute Gasteiger partial charge is 0.323 e. The van der Waals surface area contributed by atoms with Crippen LogP contribution in [0.2, 0.25) is 0 Å². The van der Waals surface area contributed by atoms with E-state index in [4.69, 9.17) is 0 Å². The van der Waals surface area contributed by atoms with Gasteiger partial charge < -0.3 is 5.32 Å². The molecule has 1 heterocycles. The molecule has 1 saturated carbocycles. The van der Waals surface area contributed by atoms with E-state index in [9.17, 15) is 9.59 Å². The zero-order valence-corrected chi connectivity index (χ0v) is 8.55. The van der Waals surface area contributed by atoms with E-state index in [0.29, 0.717) is 5.92 Å². The number of amides is 3. The molecular formula is C7H9IN2O2. The molecule has 0 unspecified atom stereocenters. The number of hydrogen-bond acceptors (Lipinski definition) is 2. The van der Waals surface area contributed by atoms with Gasteiger partial charge >= 0.3 is 6.03 Å². The van der Waals surface area contributed by atoms with Crippen molar-refractivity contribution in [3.63, 3.8) is 0 Å². The van der Waals surface area contributed by atoms with E-state index in [1.54, 1.807) is 0 Å². The van der Waals surface area contributed by atoms with E-state index in [0.717, 1.165) is 17.3 Å². The summed E-state index contributed by atoms with van der Waals surface area (Å²) < 4.78 is 1.06. The lowest BCUT2D eigenvalue weighted by atomic mass is 9.69. The van der Waals surface area contributed by atoms with Crippen molar-refractivity contribution in [1.29, 1.82) is 0 Å². The second kappa shape index (κ2) is 2.58. The van der Waals surface area contributed by atoms with Crippen LogP contribution < -0.4 is 10.6 Å². The number of rotatable bonds is 1. The molecule has 12 heavy (non-hydrogen) atoms. The zero-order valence-electron chi connectivity index (χ0n) is 6.39. The Morgan fingerprint density at radius 1 is 1.50 bits per heavy atom. The van der Waals surface area contributed by atoms with Gasteiger partial charge in [-0.2, -0.15) is 0 Å². The number of hydrogen-bond donors (Lipinski definition) is 2. The van der Waals surface area contributed by atoms with Crippen molar-refractivity contribution in [2.24, 2.45) is 5.92 Å². The normalized spacial score (nSPS) is 39.2. The van der Waals surface area contributed by atoms with Crippen LogP contribution in [0.15, 0.2) is 0 Å². The van der Waals surface area contributed by atoms with Crippen LogP contribution in [0.5, 0.6) is 0 Å². The van der Waals surface area contributed by atoms with Gasteiger partial charge in [-0.15, -0.1) is 0 Å². The highest BCUT2D eigenvalue weighted by Gasteiger charge is 2.54. The molecule has 3 amide bonds. The van der Waals surface area contributed by atoms with E-state index in [2.05, 4.69) is 33.2 Å². The fraction of sp³-hybridized carbons (Fsp3) is 0.714. The lowest BCUT2D eigenvalue weighted by molar-refractivity contribution is -0.128. The molecule has 0 radical (unpaired) electrons. The van der Waals surface area contributed by atoms with Gasteiger partial charge in [0.1, 0.15) is 5.54 Å². The summed E-state index contributed by atoms with van der Waals surface area (Å²) in [5, 5.41) is 4.94. The number of carbonyl (C=O) groups excluding carboxylic acids is 2. The Bertz CT molecular complexity index is 248. The van der Waals surface area contributed by atoms with Crippen LogP contribution in [-0.2, 0) is 4.79 Å². The molecule has 0 aromatic carbocycles. The third-order valence-corrected chi connectivity index (χ3v) is 3.75. The van der Waals surface area contributed by atoms with Crippen molar-refractivity contribution in [3.05, 3.63) is 0 Å². The number of imide groups is 1. The molecule has 66 valence electrons. The van der Waals surface area contributed by atoms with Crippen LogP contribution in [0.1, 0.15) is 12.8 Å². The molecule has 1 aliphatic heterocycles. The van der Waals surface area contributed by atoms with Gasteiger partial charge in [0, 0.05) is 4.43 Å². The van der Waals surface area contributed by atoms with Gasteiger partial charge in [-0.3, -0.25) is 10.1 Å². The number of carbonyl (C=O) groups is 2. The molecule has 2 fully saturated rings. The smallest absolute Gasteiger partial charge is 0.322 e. The number of halogens is 1. The van der Waals surface area contributed by atoms with Crippen LogP contribution in [-0.4, -0.2) is 21.9 Å². The van der Waals surface area contributed by atoms with Gasteiger partial charge in [0.05, 0.1) is 0 Å². The van der Waals surface area contributed by atoms with Gasteiger partial charge in [-0.1, -0.05) is 22.6 Å². The molecule has 1 spiro atoms. The third kappa shape index (κ3) is 1.02. The Morgan fingerprint density at radius 3 is 2.58 bits per heavy atom.